The highest BCUT2D eigenvalue weighted by molar-refractivity contribution is 14.1. The summed E-state index contributed by atoms with van der Waals surface area (Å²) in [6.07, 6.45) is 0. The lowest BCUT2D eigenvalue weighted by molar-refractivity contribution is 0.505. The molecule has 0 aromatic carbocycles. The quantitative estimate of drug-likeness (QED) is 0.521. The molecule has 0 aliphatic rings. The average molecular weight is 341 g/mol. The van der Waals surface area contributed by atoms with Crippen molar-refractivity contribution in [1.29, 1.82) is 0 Å². The van der Waals surface area contributed by atoms with Crippen LogP contribution < -0.4 is 0 Å². The van der Waals surface area contributed by atoms with Crippen LogP contribution in [-0.2, 0) is 0 Å². The van der Waals surface area contributed by atoms with E-state index in [1.54, 1.807) is 0 Å². The third-order valence-corrected chi connectivity index (χ3v) is 3.21. The molecule has 8 heavy (non-hydrogen) atoms. The number of hydrogen-bond donors (Lipinski definition) is 0. The summed E-state index contributed by atoms with van der Waals surface area (Å²) in [6.45, 7) is 0. The first kappa shape index (κ1) is 12.1. The van der Waals surface area contributed by atoms with Gasteiger partial charge in [-0.05, 0) is 21.1 Å². The normalized spacial score (nSPS) is 8.25. The highest BCUT2D eigenvalue weighted by Gasteiger charge is 1.60. The van der Waals surface area contributed by atoms with Gasteiger partial charge in [-0.2, -0.15) is 0 Å². The Morgan fingerprint density at radius 3 is 1.12 bits per heavy atom. The van der Waals surface area contributed by atoms with Gasteiger partial charge in [-0.1, -0.05) is 45.2 Å². The lowest BCUT2D eigenvalue weighted by atomic mass is 11.0. The predicted octanol–water partition coefficient (Wildman–Crippen LogP) is 2.03. The van der Waals surface area contributed by atoms with Crippen molar-refractivity contribution in [3.8, 4) is 0 Å². The molecule has 0 unspecified atom stereocenters. The Kier molecular flexibility index (Phi) is 17.1. The number of rotatable bonds is 1. The molecule has 0 aromatic heterocycles. The molecule has 0 bridgehead atoms. The lowest BCUT2D eigenvalue weighted by Gasteiger charge is -1.90. The van der Waals surface area contributed by atoms with Crippen molar-refractivity contribution in [1.82, 2.24) is 4.90 Å². The zero-order valence-corrected chi connectivity index (χ0v) is 9.93. The molecule has 0 heterocycles. The summed E-state index contributed by atoms with van der Waals surface area (Å²) in [6, 6.07) is 0. The Labute approximate surface area is 79.5 Å². The van der Waals surface area contributed by atoms with E-state index < -0.39 is 0 Å². The van der Waals surface area contributed by atoms with Gasteiger partial charge in [-0.3, -0.25) is 0 Å². The first-order valence-electron chi connectivity index (χ1n) is 2.38. The first-order valence-corrected chi connectivity index (χ1v) is 5.43. The molecule has 0 fully saturated rings. The number of hydrogen-bond acceptors (Lipinski definition) is 1. The summed E-state index contributed by atoms with van der Waals surface area (Å²) in [5.74, 6) is 0. The van der Waals surface area contributed by atoms with Crippen molar-refractivity contribution in [2.75, 3.05) is 30.0 Å². The number of halogens is 2. The molecule has 0 atom stereocenters. The molecule has 52 valence electrons. The number of nitrogens with zero attached hydrogens (tertiary/aromatic N) is 1. The molecule has 0 saturated heterocycles. The van der Waals surface area contributed by atoms with Gasteiger partial charge in [0.1, 0.15) is 0 Å². The van der Waals surface area contributed by atoms with Crippen LogP contribution in [-0.4, -0.2) is 34.9 Å². The highest BCUT2D eigenvalue weighted by atomic mass is 127. The van der Waals surface area contributed by atoms with Crippen LogP contribution in [0.4, 0.5) is 0 Å². The van der Waals surface area contributed by atoms with E-state index in [2.05, 4.69) is 45.2 Å². The minimum absolute atomic E-state index is 1.28. The molecular formula is C5H13I2N. The summed E-state index contributed by atoms with van der Waals surface area (Å²) in [5, 5.41) is 0. The summed E-state index contributed by atoms with van der Waals surface area (Å²) >= 11 is 4.69. The van der Waals surface area contributed by atoms with Crippen LogP contribution in [0, 0.1) is 0 Å². The van der Waals surface area contributed by atoms with Crippen LogP contribution in [0.1, 0.15) is 0 Å². The van der Waals surface area contributed by atoms with Crippen LogP contribution in [0.2, 0.25) is 0 Å². The molecule has 3 heteroatoms. The van der Waals surface area contributed by atoms with E-state index >= 15 is 0 Å². The Balaban J connectivity index is 0. The van der Waals surface area contributed by atoms with Crippen molar-refractivity contribution >= 4 is 45.2 Å². The van der Waals surface area contributed by atoms with E-state index in [1.165, 1.54) is 8.86 Å². The van der Waals surface area contributed by atoms with Gasteiger partial charge in [0.05, 0.1) is 0 Å². The zero-order valence-electron chi connectivity index (χ0n) is 5.62. The summed E-state index contributed by atoms with van der Waals surface area (Å²) in [4.78, 5) is 2.00. The average Bonchev–Trinajstić information content (AvgIpc) is 1.65. The zero-order chi connectivity index (χ0) is 6.99. The van der Waals surface area contributed by atoms with Gasteiger partial charge in [0.2, 0.25) is 0 Å². The van der Waals surface area contributed by atoms with E-state index in [9.17, 15) is 0 Å². The summed E-state index contributed by atoms with van der Waals surface area (Å²) in [5.41, 5.74) is 0. The molecule has 0 aromatic rings. The van der Waals surface area contributed by atoms with Gasteiger partial charge in [-0.25, -0.2) is 0 Å². The van der Waals surface area contributed by atoms with Crippen LogP contribution in [0.15, 0.2) is 0 Å². The molecule has 0 amide bonds. The third kappa shape index (κ3) is 52.2. The minimum atomic E-state index is 1.28. The predicted molar refractivity (Wildman–Crippen MR) is 57.4 cm³/mol. The lowest BCUT2D eigenvalue weighted by Crippen LogP contribution is -1.99. The highest BCUT2D eigenvalue weighted by Crippen LogP contribution is 1.84. The molecule has 0 saturated carbocycles. The Morgan fingerprint density at radius 2 is 1.12 bits per heavy atom. The van der Waals surface area contributed by atoms with Gasteiger partial charge in [0, 0.05) is 8.86 Å². The van der Waals surface area contributed by atoms with E-state index in [4.69, 9.17) is 0 Å². The summed E-state index contributed by atoms with van der Waals surface area (Å²) in [7, 11) is 6.00. The van der Waals surface area contributed by atoms with Crippen molar-refractivity contribution in [2.45, 2.75) is 0 Å². The van der Waals surface area contributed by atoms with Crippen molar-refractivity contribution < 1.29 is 0 Å². The van der Waals surface area contributed by atoms with Crippen LogP contribution in [0.25, 0.3) is 0 Å². The molecule has 0 radical (unpaired) electrons. The molecular weight excluding hydrogens is 328 g/mol. The van der Waals surface area contributed by atoms with Gasteiger partial charge >= 0.3 is 0 Å². The second-order valence-electron chi connectivity index (χ2n) is 1.72. The second kappa shape index (κ2) is 11.2. The number of alkyl halides is 2. The van der Waals surface area contributed by atoms with Crippen molar-refractivity contribution in [3.05, 3.63) is 0 Å². The molecule has 0 rings (SSSR count). The molecule has 1 nitrogen and oxygen atoms in total. The fourth-order valence-corrected chi connectivity index (χ4v) is 0. The van der Waals surface area contributed by atoms with E-state index in [0.717, 1.165) is 0 Å². The summed E-state index contributed by atoms with van der Waals surface area (Å²) < 4.78 is 2.55. The molecule has 0 aliphatic heterocycles. The second-order valence-corrected chi connectivity index (χ2v) is 3.88. The maximum atomic E-state index is 2.34. The molecule has 0 N–H and O–H groups in total. The Bertz CT molecular complexity index is 26.9. The van der Waals surface area contributed by atoms with Crippen LogP contribution >= 0.6 is 45.2 Å². The molecule has 0 spiro atoms. The first-order chi connectivity index (χ1) is 3.65. The maximum Gasteiger partial charge on any atom is 0.00852 e. The fourth-order valence-electron chi connectivity index (χ4n) is 0. The standard InChI is InChI=1S/C3H9N.C2H4I2/c1-4(2)3;3-1-2-4/h1-3H3;1-2H2. The SMILES string of the molecule is CN(C)C.ICCI. The fraction of sp³-hybridized carbons (Fsp3) is 1.00. The van der Waals surface area contributed by atoms with E-state index in [1.807, 2.05) is 26.0 Å². The van der Waals surface area contributed by atoms with Gasteiger partial charge in [-0.15, -0.1) is 0 Å². The van der Waals surface area contributed by atoms with Crippen LogP contribution in [0.5, 0.6) is 0 Å². The topological polar surface area (TPSA) is 3.24 Å². The van der Waals surface area contributed by atoms with Gasteiger partial charge in [0.15, 0.2) is 0 Å². The Morgan fingerprint density at radius 1 is 1.00 bits per heavy atom. The molecule has 0 aliphatic carbocycles. The maximum absolute atomic E-state index is 2.34. The van der Waals surface area contributed by atoms with Gasteiger partial charge in [0.25, 0.3) is 0 Å². The third-order valence-electron chi connectivity index (χ3n) is 0.0714. The van der Waals surface area contributed by atoms with Gasteiger partial charge < -0.3 is 4.90 Å². The van der Waals surface area contributed by atoms with Crippen LogP contribution in [0.3, 0.4) is 0 Å². The van der Waals surface area contributed by atoms with E-state index in [-0.39, 0.29) is 0 Å². The Hall–Kier alpha value is 1.42. The smallest absolute Gasteiger partial charge is 0.00852 e. The van der Waals surface area contributed by atoms with E-state index in [0.29, 0.717) is 0 Å². The largest absolute Gasteiger partial charge is 0.312 e. The minimum Gasteiger partial charge on any atom is -0.312 e. The monoisotopic (exact) mass is 341 g/mol. The van der Waals surface area contributed by atoms with Crippen molar-refractivity contribution in [2.24, 2.45) is 0 Å². The van der Waals surface area contributed by atoms with Crippen molar-refractivity contribution in [3.63, 3.8) is 0 Å².